The van der Waals surface area contributed by atoms with Crippen LogP contribution in [0.3, 0.4) is 0 Å². The van der Waals surface area contributed by atoms with Gasteiger partial charge in [-0.05, 0) is 30.1 Å². The van der Waals surface area contributed by atoms with E-state index in [2.05, 4.69) is 31.3 Å². The Balaban J connectivity index is 2.85. The van der Waals surface area contributed by atoms with Crippen LogP contribution in [0.2, 0.25) is 0 Å². The molecular weight excluding hydrogens is 244 g/mol. The van der Waals surface area contributed by atoms with E-state index in [4.69, 9.17) is 0 Å². The minimum absolute atomic E-state index is 1.05. The number of thiol groups is 1. The molecule has 0 N–H and O–H groups in total. The third-order valence-electron chi connectivity index (χ3n) is 3.09. The van der Waals surface area contributed by atoms with Crippen LogP contribution in [-0.2, 0) is 0 Å². The van der Waals surface area contributed by atoms with E-state index in [1.165, 1.54) is 82.1 Å². The minimum atomic E-state index is 1.05. The molecule has 0 aliphatic carbocycles. The maximum absolute atomic E-state index is 4.22. The van der Waals surface area contributed by atoms with Crippen molar-refractivity contribution in [3.05, 3.63) is 0 Å². The Morgan fingerprint density at radius 3 is 1.65 bits per heavy atom. The lowest BCUT2D eigenvalue weighted by molar-refractivity contribution is 0.563. The highest BCUT2D eigenvalue weighted by molar-refractivity contribution is 7.99. The summed E-state index contributed by atoms with van der Waals surface area (Å²) in [5, 5.41) is 0. The first kappa shape index (κ1) is 17.7. The molecule has 0 nitrogen and oxygen atoms in total. The zero-order chi connectivity index (χ0) is 12.6. The molecule has 0 spiro atoms. The lowest BCUT2D eigenvalue weighted by Crippen LogP contribution is -1.86. The Morgan fingerprint density at radius 1 is 0.647 bits per heavy atom. The predicted molar refractivity (Wildman–Crippen MR) is 87.6 cm³/mol. The minimum Gasteiger partial charge on any atom is -0.179 e. The molecule has 0 aliphatic heterocycles. The number of hydrogen-bond donors (Lipinski definition) is 1. The highest BCUT2D eigenvalue weighted by Crippen LogP contribution is 2.12. The van der Waals surface area contributed by atoms with E-state index in [0.717, 1.165) is 5.75 Å². The van der Waals surface area contributed by atoms with Crippen LogP contribution in [-0.4, -0.2) is 17.3 Å². The molecule has 0 amide bonds. The Bertz CT molecular complexity index is 112. The molecule has 0 radical (unpaired) electrons. The quantitative estimate of drug-likeness (QED) is 0.302. The van der Waals surface area contributed by atoms with E-state index in [1.54, 1.807) is 0 Å². The van der Waals surface area contributed by atoms with Crippen LogP contribution < -0.4 is 0 Å². The summed E-state index contributed by atoms with van der Waals surface area (Å²) in [6.45, 7) is 2.29. The number of hydrogen-bond acceptors (Lipinski definition) is 2. The number of rotatable bonds is 14. The van der Waals surface area contributed by atoms with Gasteiger partial charge in [0.05, 0.1) is 0 Å². The van der Waals surface area contributed by atoms with E-state index >= 15 is 0 Å². The van der Waals surface area contributed by atoms with Crippen molar-refractivity contribution in [3.63, 3.8) is 0 Å². The van der Waals surface area contributed by atoms with E-state index in [-0.39, 0.29) is 0 Å². The monoisotopic (exact) mass is 276 g/mol. The van der Waals surface area contributed by atoms with Gasteiger partial charge in [-0.3, -0.25) is 0 Å². The number of unbranched alkanes of at least 4 members (excludes halogenated alkanes) is 9. The van der Waals surface area contributed by atoms with Crippen LogP contribution in [0.4, 0.5) is 0 Å². The second-order valence-corrected chi connectivity index (χ2v) is 6.54. The van der Waals surface area contributed by atoms with Gasteiger partial charge in [0, 0.05) is 0 Å². The molecule has 0 aromatic heterocycles. The SMILES string of the molecule is CCCCCCCCCCCCSCCCS. The van der Waals surface area contributed by atoms with Crippen molar-refractivity contribution >= 4 is 24.4 Å². The van der Waals surface area contributed by atoms with Crippen molar-refractivity contribution in [2.45, 2.75) is 77.6 Å². The maximum Gasteiger partial charge on any atom is -0.00598 e. The van der Waals surface area contributed by atoms with Gasteiger partial charge in [0.15, 0.2) is 0 Å². The summed E-state index contributed by atoms with van der Waals surface area (Å²) in [5.74, 6) is 3.72. The van der Waals surface area contributed by atoms with E-state index < -0.39 is 0 Å². The standard InChI is InChI=1S/C15H32S2/c1-2-3-4-5-6-7-8-9-10-11-14-17-15-12-13-16/h16H,2-15H2,1H3. The topological polar surface area (TPSA) is 0 Å². The van der Waals surface area contributed by atoms with Crippen molar-refractivity contribution in [1.29, 1.82) is 0 Å². The van der Waals surface area contributed by atoms with Gasteiger partial charge in [-0.1, -0.05) is 64.7 Å². The van der Waals surface area contributed by atoms with Crippen LogP contribution in [0.5, 0.6) is 0 Å². The van der Waals surface area contributed by atoms with Gasteiger partial charge in [-0.25, -0.2) is 0 Å². The average molecular weight is 277 g/mol. The van der Waals surface area contributed by atoms with E-state index in [1.807, 2.05) is 0 Å². The lowest BCUT2D eigenvalue weighted by Gasteiger charge is -2.02. The molecule has 104 valence electrons. The molecule has 2 heteroatoms. The first-order chi connectivity index (χ1) is 8.41. The molecule has 0 unspecified atom stereocenters. The Hall–Kier alpha value is 0.700. The molecular formula is C15H32S2. The fourth-order valence-electron chi connectivity index (χ4n) is 1.96. The Labute approximate surface area is 119 Å². The van der Waals surface area contributed by atoms with Crippen LogP contribution in [0.25, 0.3) is 0 Å². The Morgan fingerprint density at radius 2 is 1.12 bits per heavy atom. The fourth-order valence-corrected chi connectivity index (χ4v) is 3.29. The number of thioether (sulfide) groups is 1. The van der Waals surface area contributed by atoms with Gasteiger partial charge >= 0.3 is 0 Å². The summed E-state index contributed by atoms with van der Waals surface area (Å²) in [6, 6.07) is 0. The second-order valence-electron chi connectivity index (χ2n) is 4.87. The van der Waals surface area contributed by atoms with Crippen molar-refractivity contribution in [2.75, 3.05) is 17.3 Å². The van der Waals surface area contributed by atoms with E-state index in [0.29, 0.717) is 0 Å². The molecule has 0 saturated carbocycles. The van der Waals surface area contributed by atoms with Gasteiger partial charge in [0.2, 0.25) is 0 Å². The lowest BCUT2D eigenvalue weighted by atomic mass is 10.1. The third kappa shape index (κ3) is 16.7. The van der Waals surface area contributed by atoms with Gasteiger partial charge in [-0.2, -0.15) is 24.4 Å². The van der Waals surface area contributed by atoms with E-state index in [9.17, 15) is 0 Å². The first-order valence-electron chi connectivity index (χ1n) is 7.60. The first-order valence-corrected chi connectivity index (χ1v) is 9.39. The van der Waals surface area contributed by atoms with Crippen LogP contribution in [0, 0.1) is 0 Å². The average Bonchev–Trinajstić information content (AvgIpc) is 2.35. The van der Waals surface area contributed by atoms with Crippen molar-refractivity contribution in [3.8, 4) is 0 Å². The van der Waals surface area contributed by atoms with Crippen LogP contribution >= 0.6 is 24.4 Å². The molecule has 0 fully saturated rings. The highest BCUT2D eigenvalue weighted by atomic mass is 32.2. The largest absolute Gasteiger partial charge is 0.179 e. The summed E-state index contributed by atoms with van der Waals surface area (Å²) in [5.41, 5.74) is 0. The summed E-state index contributed by atoms with van der Waals surface area (Å²) < 4.78 is 0. The molecule has 0 heterocycles. The predicted octanol–water partition coefficient (Wildman–Crippen LogP) is 5.96. The van der Waals surface area contributed by atoms with Gasteiger partial charge in [0.25, 0.3) is 0 Å². The maximum atomic E-state index is 4.22. The Kier molecular flexibility index (Phi) is 17.4. The molecule has 17 heavy (non-hydrogen) atoms. The molecule has 0 rings (SSSR count). The zero-order valence-corrected chi connectivity index (χ0v) is 13.5. The van der Waals surface area contributed by atoms with Gasteiger partial charge < -0.3 is 0 Å². The molecule has 0 aliphatic rings. The summed E-state index contributed by atoms with van der Waals surface area (Å²) in [6.07, 6.45) is 15.7. The highest BCUT2D eigenvalue weighted by Gasteiger charge is 1.93. The molecule has 0 bridgehead atoms. The van der Waals surface area contributed by atoms with Gasteiger partial charge in [0.1, 0.15) is 0 Å². The van der Waals surface area contributed by atoms with Gasteiger partial charge in [-0.15, -0.1) is 0 Å². The molecule has 0 saturated heterocycles. The summed E-state index contributed by atoms with van der Waals surface area (Å²) in [7, 11) is 0. The normalized spacial score (nSPS) is 10.9. The summed E-state index contributed by atoms with van der Waals surface area (Å²) >= 11 is 6.33. The molecule has 0 aromatic carbocycles. The molecule has 0 atom stereocenters. The summed E-state index contributed by atoms with van der Waals surface area (Å²) in [4.78, 5) is 0. The fraction of sp³-hybridized carbons (Fsp3) is 1.00. The zero-order valence-electron chi connectivity index (χ0n) is 11.8. The van der Waals surface area contributed by atoms with Crippen molar-refractivity contribution in [2.24, 2.45) is 0 Å². The van der Waals surface area contributed by atoms with Crippen LogP contribution in [0.15, 0.2) is 0 Å². The smallest absolute Gasteiger partial charge is 0.00598 e. The third-order valence-corrected chi connectivity index (χ3v) is 4.56. The second kappa shape index (κ2) is 16.7. The van der Waals surface area contributed by atoms with Crippen LogP contribution in [0.1, 0.15) is 77.6 Å². The van der Waals surface area contributed by atoms with Crippen molar-refractivity contribution in [1.82, 2.24) is 0 Å². The molecule has 0 aromatic rings. The van der Waals surface area contributed by atoms with Crippen molar-refractivity contribution < 1.29 is 0 Å².